The molecule has 0 aromatic carbocycles. The zero-order valence-corrected chi connectivity index (χ0v) is 15.9. The van der Waals surface area contributed by atoms with Crippen molar-refractivity contribution in [1.29, 1.82) is 0 Å². The Labute approximate surface area is 158 Å². The van der Waals surface area contributed by atoms with E-state index in [4.69, 9.17) is 4.98 Å². The molecule has 7 heteroatoms. The molecule has 0 aliphatic carbocycles. The van der Waals surface area contributed by atoms with E-state index in [-0.39, 0.29) is 18.0 Å². The number of piperazine rings is 1. The van der Waals surface area contributed by atoms with Crippen LogP contribution in [-0.4, -0.2) is 50.2 Å². The Bertz CT molecular complexity index is 965. The maximum Gasteiger partial charge on any atom is 0.256 e. The van der Waals surface area contributed by atoms with Crippen LogP contribution in [-0.2, 0) is 0 Å². The van der Waals surface area contributed by atoms with Crippen molar-refractivity contribution in [3.63, 3.8) is 0 Å². The van der Waals surface area contributed by atoms with Gasteiger partial charge in [0.2, 0.25) is 0 Å². The number of nitrogens with one attached hydrogen (secondary N) is 1. The van der Waals surface area contributed by atoms with Gasteiger partial charge in [-0.05, 0) is 38.5 Å². The molecule has 27 heavy (non-hydrogen) atoms. The predicted molar refractivity (Wildman–Crippen MR) is 104 cm³/mol. The molecule has 0 bridgehead atoms. The van der Waals surface area contributed by atoms with Crippen molar-refractivity contribution >= 4 is 16.9 Å². The van der Waals surface area contributed by atoms with Gasteiger partial charge in [-0.2, -0.15) is 5.10 Å². The lowest BCUT2D eigenvalue weighted by molar-refractivity contribution is 0.0633. The van der Waals surface area contributed by atoms with E-state index >= 15 is 0 Å². The molecule has 0 radical (unpaired) electrons. The van der Waals surface area contributed by atoms with Crippen molar-refractivity contribution in [2.45, 2.75) is 32.9 Å². The van der Waals surface area contributed by atoms with Crippen LogP contribution in [0.5, 0.6) is 0 Å². The fourth-order valence-corrected chi connectivity index (χ4v) is 3.63. The lowest BCUT2D eigenvalue weighted by Gasteiger charge is -2.36. The molecule has 1 saturated heterocycles. The third-order valence-electron chi connectivity index (χ3n) is 5.05. The Kier molecular flexibility index (Phi) is 4.61. The van der Waals surface area contributed by atoms with Crippen molar-refractivity contribution in [3.05, 3.63) is 53.6 Å². The van der Waals surface area contributed by atoms with Gasteiger partial charge in [0, 0.05) is 43.5 Å². The Balaban J connectivity index is 1.71. The molecule has 4 heterocycles. The van der Waals surface area contributed by atoms with Crippen LogP contribution in [0.3, 0.4) is 0 Å². The number of nitrogens with zero attached hydrogens (tertiary/aromatic N) is 5. The second-order valence-corrected chi connectivity index (χ2v) is 7.22. The molecule has 1 aliphatic rings. The van der Waals surface area contributed by atoms with Crippen LogP contribution >= 0.6 is 0 Å². The van der Waals surface area contributed by atoms with Gasteiger partial charge in [0.25, 0.3) is 5.91 Å². The highest BCUT2D eigenvalue weighted by molar-refractivity contribution is 5.98. The van der Waals surface area contributed by atoms with E-state index in [1.54, 1.807) is 12.4 Å². The largest absolute Gasteiger partial charge is 0.329 e. The lowest BCUT2D eigenvalue weighted by atomic mass is 10.0. The lowest BCUT2D eigenvalue weighted by Crippen LogP contribution is -2.48. The summed E-state index contributed by atoms with van der Waals surface area (Å²) in [5, 5.41) is 8.70. The summed E-state index contributed by atoms with van der Waals surface area (Å²) in [6.45, 7) is 8.19. The molecule has 3 aromatic heterocycles. The minimum absolute atomic E-state index is 0.00884. The number of aryl methyl sites for hydroxylation is 1. The molecule has 3 aromatic rings. The second-order valence-electron chi connectivity index (χ2n) is 7.22. The first kappa shape index (κ1) is 17.6. The quantitative estimate of drug-likeness (QED) is 0.773. The van der Waals surface area contributed by atoms with Gasteiger partial charge in [-0.25, -0.2) is 9.67 Å². The number of aromatic nitrogens is 4. The molecular weight excluding hydrogens is 340 g/mol. The van der Waals surface area contributed by atoms with Crippen LogP contribution in [0.2, 0.25) is 0 Å². The molecule has 1 unspecified atom stereocenters. The minimum Gasteiger partial charge on any atom is -0.329 e. The topological polar surface area (TPSA) is 75.9 Å². The molecule has 140 valence electrons. The molecule has 1 N–H and O–H groups in total. The van der Waals surface area contributed by atoms with Gasteiger partial charge in [0.15, 0.2) is 5.65 Å². The Morgan fingerprint density at radius 3 is 2.93 bits per heavy atom. The van der Waals surface area contributed by atoms with Crippen LogP contribution in [0, 0.1) is 6.92 Å². The summed E-state index contributed by atoms with van der Waals surface area (Å²) in [6, 6.07) is 6.04. The van der Waals surface area contributed by atoms with Crippen LogP contribution in [0.25, 0.3) is 11.0 Å². The average Bonchev–Trinajstić information content (AvgIpc) is 3.10. The number of pyridine rings is 2. The minimum atomic E-state index is -0.0339. The average molecular weight is 364 g/mol. The molecule has 1 amide bonds. The van der Waals surface area contributed by atoms with E-state index in [2.05, 4.69) is 29.2 Å². The molecule has 7 nitrogen and oxygen atoms in total. The molecule has 0 saturated carbocycles. The summed E-state index contributed by atoms with van der Waals surface area (Å²) >= 11 is 0. The predicted octanol–water partition coefficient (Wildman–Crippen LogP) is 2.50. The monoisotopic (exact) mass is 364 g/mol. The van der Waals surface area contributed by atoms with Crippen molar-refractivity contribution in [2.75, 3.05) is 19.6 Å². The first-order valence-electron chi connectivity index (χ1n) is 9.32. The molecule has 4 rings (SSSR count). The Hall–Kier alpha value is -2.80. The summed E-state index contributed by atoms with van der Waals surface area (Å²) in [5.74, 6) is 0.00884. The van der Waals surface area contributed by atoms with E-state index in [9.17, 15) is 4.79 Å². The molecule has 0 spiro atoms. The molecular formula is C20H24N6O. The fraction of sp³-hybridized carbons (Fsp3) is 0.400. The van der Waals surface area contributed by atoms with Crippen LogP contribution in [0.15, 0.2) is 36.8 Å². The fourth-order valence-electron chi connectivity index (χ4n) is 3.63. The molecule has 1 atom stereocenters. The van der Waals surface area contributed by atoms with Crippen molar-refractivity contribution in [3.8, 4) is 0 Å². The third kappa shape index (κ3) is 3.19. The van der Waals surface area contributed by atoms with Crippen molar-refractivity contribution < 1.29 is 4.79 Å². The number of amides is 1. The van der Waals surface area contributed by atoms with Gasteiger partial charge in [0.1, 0.15) is 0 Å². The molecule has 1 fully saturated rings. The summed E-state index contributed by atoms with van der Waals surface area (Å²) < 4.78 is 1.89. The van der Waals surface area contributed by atoms with E-state index in [1.165, 1.54) is 0 Å². The standard InChI is InChI=1S/C20H24N6O/c1-13(2)26-19-16(11-23-26)9-17(14(3)24-19)20(27)25-8-7-22-12-18(25)15-5-4-6-21-10-15/h4-6,9-11,13,18,22H,7-8,12H2,1-3H3. The van der Waals surface area contributed by atoms with E-state index < -0.39 is 0 Å². The van der Waals surface area contributed by atoms with Crippen LogP contribution in [0.1, 0.15) is 47.5 Å². The van der Waals surface area contributed by atoms with Crippen LogP contribution < -0.4 is 5.32 Å². The number of fused-ring (bicyclic) bond motifs is 1. The van der Waals surface area contributed by atoms with Crippen LogP contribution in [0.4, 0.5) is 0 Å². The maximum absolute atomic E-state index is 13.4. The van der Waals surface area contributed by atoms with Gasteiger partial charge in [-0.1, -0.05) is 6.07 Å². The second kappa shape index (κ2) is 7.08. The number of rotatable bonds is 3. The van der Waals surface area contributed by atoms with Gasteiger partial charge in [-0.15, -0.1) is 0 Å². The number of hydrogen-bond donors (Lipinski definition) is 1. The number of carbonyl (C=O) groups is 1. The van der Waals surface area contributed by atoms with Crippen molar-refractivity contribution in [1.82, 2.24) is 30.0 Å². The normalized spacial score (nSPS) is 17.6. The summed E-state index contributed by atoms with van der Waals surface area (Å²) in [5.41, 5.74) is 3.24. The number of carbonyl (C=O) groups excluding carboxylic acids is 1. The smallest absolute Gasteiger partial charge is 0.256 e. The summed E-state index contributed by atoms with van der Waals surface area (Å²) in [6.07, 6.45) is 5.37. The highest BCUT2D eigenvalue weighted by atomic mass is 16.2. The van der Waals surface area contributed by atoms with Gasteiger partial charge in [-0.3, -0.25) is 9.78 Å². The first-order valence-corrected chi connectivity index (χ1v) is 9.32. The Morgan fingerprint density at radius 1 is 1.33 bits per heavy atom. The SMILES string of the molecule is Cc1nc2c(cnn2C(C)C)cc1C(=O)N1CCNCC1c1cccnc1. The van der Waals surface area contributed by atoms with E-state index in [0.717, 1.165) is 35.4 Å². The van der Waals surface area contributed by atoms with E-state index in [1.807, 2.05) is 40.9 Å². The highest BCUT2D eigenvalue weighted by Gasteiger charge is 2.30. The summed E-state index contributed by atoms with van der Waals surface area (Å²) in [4.78, 5) is 24.2. The zero-order valence-electron chi connectivity index (χ0n) is 15.9. The summed E-state index contributed by atoms with van der Waals surface area (Å²) in [7, 11) is 0. The molecule has 1 aliphatic heterocycles. The van der Waals surface area contributed by atoms with Gasteiger partial charge < -0.3 is 10.2 Å². The first-order chi connectivity index (χ1) is 13.1. The highest BCUT2D eigenvalue weighted by Crippen LogP contribution is 2.26. The van der Waals surface area contributed by atoms with E-state index in [0.29, 0.717) is 12.1 Å². The van der Waals surface area contributed by atoms with Gasteiger partial charge >= 0.3 is 0 Å². The third-order valence-corrected chi connectivity index (χ3v) is 5.05. The Morgan fingerprint density at radius 2 is 2.19 bits per heavy atom. The van der Waals surface area contributed by atoms with Gasteiger partial charge in [0.05, 0.1) is 23.5 Å². The maximum atomic E-state index is 13.4. The number of hydrogen-bond acceptors (Lipinski definition) is 5. The zero-order chi connectivity index (χ0) is 19.0. The van der Waals surface area contributed by atoms with Crippen molar-refractivity contribution in [2.24, 2.45) is 0 Å².